The second kappa shape index (κ2) is 68.8. The van der Waals surface area contributed by atoms with E-state index in [2.05, 4.69) is 86.8 Å². The van der Waals surface area contributed by atoms with Crippen LogP contribution in [0.4, 0.5) is 0 Å². The molecule has 0 rings (SSSR count). The van der Waals surface area contributed by atoms with Crippen molar-refractivity contribution < 1.29 is 42.1 Å². The molecule has 88 heavy (non-hydrogen) atoms. The average molecular weight is 1260 g/mol. The summed E-state index contributed by atoms with van der Waals surface area (Å²) in [5.74, 6) is -0.779. The van der Waals surface area contributed by atoms with Crippen LogP contribution in [0.3, 0.4) is 0 Å². The molecule has 0 spiro atoms. The highest BCUT2D eigenvalue weighted by molar-refractivity contribution is 7.47. The van der Waals surface area contributed by atoms with Crippen LogP contribution >= 0.6 is 7.82 Å². The van der Waals surface area contributed by atoms with Gasteiger partial charge in [-0.2, -0.15) is 0 Å². The molecule has 0 radical (unpaired) electrons. The van der Waals surface area contributed by atoms with E-state index < -0.39 is 26.5 Å². The number of unbranched alkanes of at least 4 members (excludes halogenated alkanes) is 44. The minimum Gasteiger partial charge on any atom is -0.462 e. The van der Waals surface area contributed by atoms with Gasteiger partial charge < -0.3 is 18.9 Å². The Bertz CT molecular complexity index is 1710. The Morgan fingerprint density at radius 2 is 0.648 bits per heavy atom. The summed E-state index contributed by atoms with van der Waals surface area (Å²) in [6, 6.07) is 0. The largest absolute Gasteiger partial charge is 0.472 e. The van der Waals surface area contributed by atoms with Crippen LogP contribution in [0.1, 0.15) is 361 Å². The van der Waals surface area contributed by atoms with Gasteiger partial charge >= 0.3 is 19.8 Å². The first-order valence-corrected chi connectivity index (χ1v) is 39.2. The van der Waals surface area contributed by atoms with Gasteiger partial charge in [0.15, 0.2) is 6.10 Å². The fourth-order valence-electron chi connectivity index (χ4n) is 11.0. The first kappa shape index (κ1) is 85.5. The molecule has 0 aromatic carbocycles. The molecule has 0 saturated heterocycles. The third-order valence-corrected chi connectivity index (χ3v) is 17.7. The molecule has 10 heteroatoms. The first-order chi connectivity index (χ1) is 43.0. The van der Waals surface area contributed by atoms with Crippen molar-refractivity contribution in [3.05, 3.63) is 72.9 Å². The van der Waals surface area contributed by atoms with E-state index in [0.29, 0.717) is 23.9 Å². The second-order valence-electron chi connectivity index (χ2n) is 26.7. The summed E-state index contributed by atoms with van der Waals surface area (Å²) in [5, 5.41) is 0. The van der Waals surface area contributed by atoms with Crippen molar-refractivity contribution in [3.63, 3.8) is 0 Å². The lowest BCUT2D eigenvalue weighted by atomic mass is 10.0. The van der Waals surface area contributed by atoms with Gasteiger partial charge in [-0.1, -0.05) is 337 Å². The highest BCUT2D eigenvalue weighted by Gasteiger charge is 2.27. The molecule has 0 aromatic heterocycles. The van der Waals surface area contributed by atoms with Gasteiger partial charge in [-0.05, 0) is 83.5 Å². The van der Waals surface area contributed by atoms with Gasteiger partial charge in [0.05, 0.1) is 27.7 Å². The van der Waals surface area contributed by atoms with Crippen LogP contribution in [0.25, 0.3) is 0 Å². The van der Waals surface area contributed by atoms with Gasteiger partial charge in [-0.15, -0.1) is 0 Å². The van der Waals surface area contributed by atoms with Crippen molar-refractivity contribution >= 4 is 19.8 Å². The lowest BCUT2D eigenvalue weighted by Gasteiger charge is -2.24. The number of likely N-dealkylation sites (N-methyl/N-ethyl adjacent to an activating group) is 1. The number of nitrogens with zero attached hydrogens (tertiary/aromatic N) is 1. The summed E-state index contributed by atoms with van der Waals surface area (Å²) in [7, 11) is 1.49. The summed E-state index contributed by atoms with van der Waals surface area (Å²) in [4.78, 5) is 35.9. The number of carbonyl (C=O) groups excluding carboxylic acids is 2. The Balaban J connectivity index is 3.94. The summed E-state index contributed by atoms with van der Waals surface area (Å²) >= 11 is 0. The lowest BCUT2D eigenvalue weighted by Crippen LogP contribution is -2.37. The zero-order valence-corrected chi connectivity index (χ0v) is 59.6. The Morgan fingerprint density at radius 3 is 0.966 bits per heavy atom. The molecule has 0 aromatic rings. The molecule has 0 heterocycles. The van der Waals surface area contributed by atoms with E-state index in [1.807, 2.05) is 21.1 Å². The SMILES string of the molecule is CC/C=C\C/C=C\C/C=C\C/C=C\CCCCCCCCCCCCCCCCCCCCCCCCCCC(=O)OC(COC(=O)CCCCCCCCCCCCCCCCC/C=C\C/C=C\CCCCCCC)COP(=O)(O)OCC[N+](C)(C)C. The predicted molar refractivity (Wildman–Crippen MR) is 381 cm³/mol. The Kier molecular flexibility index (Phi) is 66.8. The van der Waals surface area contributed by atoms with E-state index in [4.69, 9.17) is 18.5 Å². The number of rotatable bonds is 70. The van der Waals surface area contributed by atoms with Crippen LogP contribution < -0.4 is 0 Å². The smallest absolute Gasteiger partial charge is 0.462 e. The predicted octanol–water partition coefficient (Wildman–Crippen LogP) is 24.7. The fourth-order valence-corrected chi connectivity index (χ4v) is 11.7. The van der Waals surface area contributed by atoms with Crippen LogP contribution in [-0.2, 0) is 32.7 Å². The van der Waals surface area contributed by atoms with Crippen LogP contribution in [0, 0.1) is 0 Å². The first-order valence-electron chi connectivity index (χ1n) is 37.7. The fraction of sp³-hybridized carbons (Fsp3) is 0.821. The van der Waals surface area contributed by atoms with Gasteiger partial charge in [0, 0.05) is 12.8 Å². The Hall–Kier alpha value is -2.55. The van der Waals surface area contributed by atoms with Gasteiger partial charge in [-0.3, -0.25) is 18.6 Å². The molecular formula is C78H145NO8P+. The van der Waals surface area contributed by atoms with Gasteiger partial charge in [0.1, 0.15) is 19.8 Å². The lowest BCUT2D eigenvalue weighted by molar-refractivity contribution is -0.870. The molecule has 0 amide bonds. The van der Waals surface area contributed by atoms with Crippen molar-refractivity contribution in [2.45, 2.75) is 367 Å². The number of quaternary nitrogens is 1. The Labute approximate surface area is 546 Å². The maximum absolute atomic E-state index is 12.9. The molecule has 514 valence electrons. The normalized spacial score (nSPS) is 13.5. The van der Waals surface area contributed by atoms with Crippen LogP contribution in [0.2, 0.25) is 0 Å². The molecular weight excluding hydrogens is 1110 g/mol. The average Bonchev–Trinajstić information content (AvgIpc) is 3.68. The van der Waals surface area contributed by atoms with E-state index in [1.54, 1.807) is 0 Å². The summed E-state index contributed by atoms with van der Waals surface area (Å²) < 4.78 is 34.8. The number of allylic oxidation sites excluding steroid dienone is 12. The van der Waals surface area contributed by atoms with Crippen molar-refractivity contribution in [2.24, 2.45) is 0 Å². The topological polar surface area (TPSA) is 108 Å². The molecule has 0 saturated carbocycles. The van der Waals surface area contributed by atoms with Crippen molar-refractivity contribution in [1.29, 1.82) is 0 Å². The highest BCUT2D eigenvalue weighted by Crippen LogP contribution is 2.43. The van der Waals surface area contributed by atoms with E-state index in [-0.39, 0.29) is 25.6 Å². The molecule has 0 aliphatic heterocycles. The van der Waals surface area contributed by atoms with Crippen molar-refractivity contribution in [2.75, 3.05) is 47.5 Å². The maximum atomic E-state index is 12.9. The zero-order chi connectivity index (χ0) is 64.1. The highest BCUT2D eigenvalue weighted by atomic mass is 31.2. The third-order valence-electron chi connectivity index (χ3n) is 16.7. The molecule has 0 aliphatic carbocycles. The molecule has 0 aliphatic rings. The Morgan fingerprint density at radius 1 is 0.364 bits per heavy atom. The van der Waals surface area contributed by atoms with Crippen LogP contribution in [-0.4, -0.2) is 74.9 Å². The minimum absolute atomic E-state index is 0.0329. The molecule has 2 atom stereocenters. The monoisotopic (exact) mass is 1260 g/mol. The number of phosphoric acid groups is 1. The number of ether oxygens (including phenoxy) is 2. The number of carbonyl (C=O) groups is 2. The van der Waals surface area contributed by atoms with Crippen LogP contribution in [0.15, 0.2) is 72.9 Å². The molecule has 0 fully saturated rings. The number of phosphoric ester groups is 1. The molecule has 2 unspecified atom stereocenters. The quantitative estimate of drug-likeness (QED) is 0.0211. The van der Waals surface area contributed by atoms with E-state index >= 15 is 0 Å². The van der Waals surface area contributed by atoms with Crippen LogP contribution in [0.5, 0.6) is 0 Å². The molecule has 1 N–H and O–H groups in total. The summed E-state index contributed by atoms with van der Waals surface area (Å²) in [5.41, 5.74) is 0. The minimum atomic E-state index is -4.39. The summed E-state index contributed by atoms with van der Waals surface area (Å²) in [6.45, 7) is 4.37. The van der Waals surface area contributed by atoms with Gasteiger partial charge in [-0.25, -0.2) is 4.57 Å². The van der Waals surface area contributed by atoms with Crippen molar-refractivity contribution in [3.8, 4) is 0 Å². The number of esters is 2. The number of hydrogen-bond donors (Lipinski definition) is 1. The van der Waals surface area contributed by atoms with E-state index in [9.17, 15) is 19.0 Å². The van der Waals surface area contributed by atoms with E-state index in [1.165, 1.54) is 263 Å². The summed E-state index contributed by atoms with van der Waals surface area (Å²) in [6.07, 6.45) is 93.2. The van der Waals surface area contributed by atoms with Crippen molar-refractivity contribution in [1.82, 2.24) is 0 Å². The molecule has 9 nitrogen and oxygen atoms in total. The van der Waals surface area contributed by atoms with E-state index in [0.717, 1.165) is 64.2 Å². The zero-order valence-electron chi connectivity index (χ0n) is 58.7. The number of hydrogen-bond acceptors (Lipinski definition) is 7. The maximum Gasteiger partial charge on any atom is 0.472 e. The standard InChI is InChI=1S/C78H144NO8P/c1-6-8-10-12-14-16-18-20-22-24-26-28-30-32-34-35-36-37-38-39-40-41-42-43-45-47-49-51-53-55-57-59-61-63-65-67-69-71-78(81)87-76(75-86-88(82,83)85-73-72-79(3,4)5)74-84-77(80)70-68-66-64-62-60-58-56-54-52-50-48-46-44-33-31-29-27-25-23-21-19-17-15-13-11-9-7-2/h8,10,14,16,19-22,25-28,76H,6-7,9,11-13,15,17-18,23-24,29-75H2,1-5H3/p+1/b10-8-,16-14-,21-19-,22-20-,27-25-,28-26-. The third kappa shape index (κ3) is 72.5. The van der Waals surface area contributed by atoms with Gasteiger partial charge in [0.25, 0.3) is 0 Å². The second-order valence-corrected chi connectivity index (χ2v) is 28.1. The van der Waals surface area contributed by atoms with Gasteiger partial charge in [0.2, 0.25) is 0 Å². The molecule has 0 bridgehead atoms.